The van der Waals surface area contributed by atoms with E-state index in [-0.39, 0.29) is 24.0 Å². The van der Waals surface area contributed by atoms with Gasteiger partial charge >= 0.3 is 5.97 Å². The van der Waals surface area contributed by atoms with Crippen molar-refractivity contribution in [1.29, 1.82) is 0 Å². The first-order valence-corrected chi connectivity index (χ1v) is 10.0. The second-order valence-electron chi connectivity index (χ2n) is 5.85. The summed E-state index contributed by atoms with van der Waals surface area (Å²) in [6.07, 6.45) is -0.149. The zero-order valence-electron chi connectivity index (χ0n) is 15.6. The second kappa shape index (κ2) is 10.4. The molecule has 1 aromatic rings. The van der Waals surface area contributed by atoms with Crippen molar-refractivity contribution in [3.8, 4) is 5.75 Å². The Kier molecular flexibility index (Phi) is 8.18. The molecule has 0 saturated carbocycles. The number of ether oxygens (including phenoxy) is 2. The highest BCUT2D eigenvalue weighted by Crippen LogP contribution is 2.26. The summed E-state index contributed by atoms with van der Waals surface area (Å²) in [7, 11) is 0. The van der Waals surface area contributed by atoms with E-state index in [0.29, 0.717) is 35.5 Å². The van der Waals surface area contributed by atoms with Crippen LogP contribution in [0.4, 0.5) is 0 Å². The SMILES string of the molecule is CCOC(=O)CC1C(=O)NCCN1C(=S)NC(=O)c1ccc(OCC)c(Br)c1. The smallest absolute Gasteiger partial charge is 0.308 e. The molecule has 2 amide bonds. The molecular formula is C18H22BrN3O5S. The average molecular weight is 472 g/mol. The summed E-state index contributed by atoms with van der Waals surface area (Å²) >= 11 is 8.69. The lowest BCUT2D eigenvalue weighted by Gasteiger charge is -2.36. The first-order valence-electron chi connectivity index (χ1n) is 8.85. The van der Waals surface area contributed by atoms with Crippen LogP contribution in [0.5, 0.6) is 5.75 Å². The molecule has 1 aliphatic rings. The summed E-state index contributed by atoms with van der Waals surface area (Å²) in [5.74, 6) is -0.628. The summed E-state index contributed by atoms with van der Waals surface area (Å²) in [5, 5.41) is 5.40. The van der Waals surface area contributed by atoms with Crippen LogP contribution in [0.25, 0.3) is 0 Å². The number of carbonyl (C=O) groups is 3. The Balaban J connectivity index is 2.08. The number of hydrogen-bond acceptors (Lipinski definition) is 6. The van der Waals surface area contributed by atoms with Crippen LogP contribution in [-0.4, -0.2) is 60.1 Å². The maximum Gasteiger partial charge on any atom is 0.308 e. The number of carbonyl (C=O) groups excluding carboxylic acids is 3. The number of nitrogens with zero attached hydrogens (tertiary/aromatic N) is 1. The maximum absolute atomic E-state index is 12.6. The van der Waals surface area contributed by atoms with Gasteiger partial charge in [-0.3, -0.25) is 19.7 Å². The number of nitrogens with one attached hydrogen (secondary N) is 2. The predicted octanol–water partition coefficient (Wildman–Crippen LogP) is 1.62. The molecule has 0 radical (unpaired) electrons. The molecule has 1 aromatic carbocycles. The molecule has 1 aliphatic heterocycles. The van der Waals surface area contributed by atoms with E-state index in [2.05, 4.69) is 26.6 Å². The van der Waals surface area contributed by atoms with Gasteiger partial charge < -0.3 is 19.7 Å². The Hall–Kier alpha value is -2.20. The van der Waals surface area contributed by atoms with Crippen molar-refractivity contribution >= 4 is 51.0 Å². The molecule has 8 nitrogen and oxygen atoms in total. The number of benzene rings is 1. The molecular weight excluding hydrogens is 450 g/mol. The van der Waals surface area contributed by atoms with Crippen molar-refractivity contribution in [3.05, 3.63) is 28.2 Å². The van der Waals surface area contributed by atoms with E-state index < -0.39 is 17.9 Å². The summed E-state index contributed by atoms with van der Waals surface area (Å²) in [5.41, 5.74) is 0.376. The van der Waals surface area contributed by atoms with Crippen LogP contribution in [0.1, 0.15) is 30.6 Å². The van der Waals surface area contributed by atoms with Gasteiger partial charge in [-0.1, -0.05) is 0 Å². The third kappa shape index (κ3) is 5.65. The first kappa shape index (κ1) is 22.1. The van der Waals surface area contributed by atoms with Crippen molar-refractivity contribution in [2.24, 2.45) is 0 Å². The minimum Gasteiger partial charge on any atom is -0.493 e. The van der Waals surface area contributed by atoms with Gasteiger partial charge in [0.2, 0.25) is 5.91 Å². The molecule has 1 atom stereocenters. The van der Waals surface area contributed by atoms with Crippen molar-refractivity contribution in [2.75, 3.05) is 26.3 Å². The Labute approximate surface area is 177 Å². The van der Waals surface area contributed by atoms with Gasteiger partial charge in [0.15, 0.2) is 5.11 Å². The number of esters is 1. The molecule has 0 bridgehead atoms. The highest BCUT2D eigenvalue weighted by Gasteiger charge is 2.34. The largest absolute Gasteiger partial charge is 0.493 e. The van der Waals surface area contributed by atoms with Crippen molar-refractivity contribution in [3.63, 3.8) is 0 Å². The van der Waals surface area contributed by atoms with Crippen LogP contribution < -0.4 is 15.4 Å². The molecule has 0 aromatic heterocycles. The highest BCUT2D eigenvalue weighted by molar-refractivity contribution is 9.10. The number of piperazine rings is 1. The first-order chi connectivity index (χ1) is 13.4. The van der Waals surface area contributed by atoms with Crippen LogP contribution in [0.15, 0.2) is 22.7 Å². The minimum absolute atomic E-state index is 0.0826. The third-order valence-electron chi connectivity index (χ3n) is 3.97. The van der Waals surface area contributed by atoms with Crippen LogP contribution in [0.3, 0.4) is 0 Å². The zero-order chi connectivity index (χ0) is 20.7. The van der Waals surface area contributed by atoms with Gasteiger partial charge in [0, 0.05) is 18.7 Å². The van der Waals surface area contributed by atoms with E-state index in [4.69, 9.17) is 21.7 Å². The molecule has 0 aliphatic carbocycles. The minimum atomic E-state index is -0.826. The van der Waals surface area contributed by atoms with E-state index in [9.17, 15) is 14.4 Å². The van der Waals surface area contributed by atoms with Crippen LogP contribution in [0.2, 0.25) is 0 Å². The lowest BCUT2D eigenvalue weighted by Crippen LogP contribution is -2.60. The van der Waals surface area contributed by atoms with Crippen LogP contribution in [-0.2, 0) is 14.3 Å². The van der Waals surface area contributed by atoms with Gasteiger partial charge in [-0.25, -0.2) is 0 Å². The molecule has 1 unspecified atom stereocenters. The molecule has 2 rings (SSSR count). The fourth-order valence-electron chi connectivity index (χ4n) is 2.69. The van der Waals surface area contributed by atoms with Gasteiger partial charge in [-0.15, -0.1) is 0 Å². The number of rotatable bonds is 6. The molecule has 1 fully saturated rings. The van der Waals surface area contributed by atoms with Crippen molar-refractivity contribution in [1.82, 2.24) is 15.5 Å². The number of halogens is 1. The molecule has 2 N–H and O–H groups in total. The standard InChI is InChI=1S/C18H22BrN3O5S/c1-3-26-14-6-5-11(9-12(14)19)16(24)21-18(28)22-8-7-20-17(25)13(22)10-15(23)27-4-2/h5-6,9,13H,3-4,7-8,10H2,1-2H3,(H,20,25)(H,21,24,28). The molecule has 28 heavy (non-hydrogen) atoms. The topological polar surface area (TPSA) is 97.0 Å². The van der Waals surface area contributed by atoms with Crippen LogP contribution in [0, 0.1) is 0 Å². The monoisotopic (exact) mass is 471 g/mol. The maximum atomic E-state index is 12.6. The number of amides is 2. The van der Waals surface area contributed by atoms with Gasteiger partial charge in [-0.2, -0.15) is 0 Å². The molecule has 1 saturated heterocycles. The van der Waals surface area contributed by atoms with E-state index in [1.54, 1.807) is 25.1 Å². The van der Waals surface area contributed by atoms with Gasteiger partial charge in [0.25, 0.3) is 5.91 Å². The third-order valence-corrected chi connectivity index (χ3v) is 4.93. The van der Waals surface area contributed by atoms with E-state index in [0.717, 1.165) is 0 Å². The summed E-state index contributed by atoms with van der Waals surface area (Å²) in [4.78, 5) is 38.1. The lowest BCUT2D eigenvalue weighted by molar-refractivity contribution is -0.147. The summed E-state index contributed by atoms with van der Waals surface area (Å²) in [6, 6.07) is 4.10. The highest BCUT2D eigenvalue weighted by atomic mass is 79.9. The lowest BCUT2D eigenvalue weighted by atomic mass is 10.1. The molecule has 0 spiro atoms. The van der Waals surface area contributed by atoms with Crippen molar-refractivity contribution in [2.45, 2.75) is 26.3 Å². The number of thiocarbonyl (C=S) groups is 1. The Bertz CT molecular complexity index is 774. The normalized spacial score (nSPS) is 16.2. The Morgan fingerprint density at radius 3 is 2.75 bits per heavy atom. The molecule has 152 valence electrons. The predicted molar refractivity (Wildman–Crippen MR) is 110 cm³/mol. The fraction of sp³-hybridized carbons (Fsp3) is 0.444. The van der Waals surface area contributed by atoms with E-state index in [1.165, 1.54) is 4.90 Å². The number of hydrogen-bond donors (Lipinski definition) is 2. The second-order valence-corrected chi connectivity index (χ2v) is 7.09. The Morgan fingerprint density at radius 2 is 2.11 bits per heavy atom. The summed E-state index contributed by atoms with van der Waals surface area (Å²) < 4.78 is 11.0. The van der Waals surface area contributed by atoms with Gasteiger partial charge in [0.1, 0.15) is 11.8 Å². The summed E-state index contributed by atoms with van der Waals surface area (Å²) in [6.45, 7) is 5.03. The van der Waals surface area contributed by atoms with Gasteiger partial charge in [-0.05, 0) is 60.2 Å². The average Bonchev–Trinajstić information content (AvgIpc) is 2.65. The van der Waals surface area contributed by atoms with Crippen LogP contribution >= 0.6 is 28.1 Å². The van der Waals surface area contributed by atoms with E-state index in [1.807, 2.05) is 6.92 Å². The van der Waals surface area contributed by atoms with E-state index >= 15 is 0 Å². The zero-order valence-corrected chi connectivity index (χ0v) is 18.0. The quantitative estimate of drug-likeness (QED) is 0.480. The molecule has 1 heterocycles. The fourth-order valence-corrected chi connectivity index (χ4v) is 3.50. The Morgan fingerprint density at radius 1 is 1.36 bits per heavy atom. The molecule has 10 heteroatoms. The van der Waals surface area contributed by atoms with Crippen molar-refractivity contribution < 1.29 is 23.9 Å². The van der Waals surface area contributed by atoms with Gasteiger partial charge in [0.05, 0.1) is 24.1 Å².